The van der Waals surface area contributed by atoms with Gasteiger partial charge in [-0.1, -0.05) is 6.07 Å². The highest BCUT2D eigenvalue weighted by molar-refractivity contribution is 7.90. The molecule has 0 saturated carbocycles. The molecule has 15 heavy (non-hydrogen) atoms. The largest absolute Gasteiger partial charge is 0.507 e. The molecule has 1 aromatic rings. The van der Waals surface area contributed by atoms with Crippen LogP contribution >= 0.6 is 0 Å². The molecule has 0 aliphatic rings. The van der Waals surface area contributed by atoms with Crippen LogP contribution in [0.1, 0.15) is 10.4 Å². The van der Waals surface area contributed by atoms with Gasteiger partial charge in [0.15, 0.2) is 9.84 Å². The summed E-state index contributed by atoms with van der Waals surface area (Å²) in [7, 11) is -2.46. The first kappa shape index (κ1) is 11.5. The molecule has 0 aromatic heterocycles. The topological polar surface area (TPSA) is 80.7 Å². The Labute approximate surface area is 87.2 Å². The number of carbonyl (C=O) groups is 1. The molecule has 0 heterocycles. The van der Waals surface area contributed by atoms with Crippen LogP contribution in [0.5, 0.6) is 5.75 Å². The number of rotatable bonds is 2. The van der Waals surface area contributed by atoms with Crippen LogP contribution in [0.3, 0.4) is 0 Å². The molecule has 0 aliphatic heterocycles. The number of hydrogen-bond acceptors (Lipinski definition) is 5. The van der Waals surface area contributed by atoms with Crippen LogP contribution in [-0.2, 0) is 14.6 Å². The van der Waals surface area contributed by atoms with E-state index in [-0.39, 0.29) is 10.5 Å². The molecule has 1 aromatic carbocycles. The first-order chi connectivity index (χ1) is 6.88. The summed E-state index contributed by atoms with van der Waals surface area (Å²) in [6, 6.07) is 3.81. The van der Waals surface area contributed by atoms with Crippen LogP contribution in [0.2, 0.25) is 0 Å². The maximum Gasteiger partial charge on any atom is 0.342 e. The maximum atomic E-state index is 11.3. The third-order valence-corrected chi connectivity index (χ3v) is 2.93. The molecule has 0 amide bonds. The van der Waals surface area contributed by atoms with E-state index in [2.05, 4.69) is 4.74 Å². The second-order valence-electron chi connectivity index (χ2n) is 2.91. The normalized spacial score (nSPS) is 11.1. The molecule has 6 heteroatoms. The van der Waals surface area contributed by atoms with E-state index in [9.17, 15) is 18.3 Å². The van der Waals surface area contributed by atoms with Crippen molar-refractivity contribution in [2.24, 2.45) is 0 Å². The molecule has 0 unspecified atom stereocenters. The first-order valence-corrected chi connectivity index (χ1v) is 5.87. The quantitative estimate of drug-likeness (QED) is 0.752. The highest BCUT2D eigenvalue weighted by Crippen LogP contribution is 2.25. The third-order valence-electron chi connectivity index (χ3n) is 1.79. The van der Waals surface area contributed by atoms with Crippen LogP contribution in [0.4, 0.5) is 0 Å². The number of hydrogen-bond donors (Lipinski definition) is 1. The van der Waals surface area contributed by atoms with E-state index in [1.165, 1.54) is 18.2 Å². The van der Waals surface area contributed by atoms with Gasteiger partial charge < -0.3 is 9.84 Å². The van der Waals surface area contributed by atoms with Crippen molar-refractivity contribution in [2.45, 2.75) is 4.90 Å². The van der Waals surface area contributed by atoms with Gasteiger partial charge in [-0.15, -0.1) is 0 Å². The number of phenolic OH excluding ortho intramolecular Hbond substituents is 1. The van der Waals surface area contributed by atoms with Crippen molar-refractivity contribution in [3.05, 3.63) is 23.8 Å². The van der Waals surface area contributed by atoms with Gasteiger partial charge in [0.05, 0.1) is 12.0 Å². The Balaban J connectivity index is 3.54. The molecule has 0 saturated heterocycles. The van der Waals surface area contributed by atoms with Gasteiger partial charge in [-0.3, -0.25) is 0 Å². The summed E-state index contributed by atoms with van der Waals surface area (Å²) in [4.78, 5) is 11.0. The van der Waals surface area contributed by atoms with Crippen molar-refractivity contribution >= 4 is 15.8 Å². The van der Waals surface area contributed by atoms with Crippen LogP contribution < -0.4 is 0 Å². The number of carbonyl (C=O) groups excluding carboxylic acids is 1. The minimum absolute atomic E-state index is 0.241. The average molecular weight is 230 g/mol. The Morgan fingerprint density at radius 1 is 1.40 bits per heavy atom. The Morgan fingerprint density at radius 2 is 2.00 bits per heavy atom. The monoisotopic (exact) mass is 230 g/mol. The molecule has 0 atom stereocenters. The Hall–Kier alpha value is -1.56. The van der Waals surface area contributed by atoms with E-state index < -0.39 is 21.6 Å². The molecule has 82 valence electrons. The van der Waals surface area contributed by atoms with Gasteiger partial charge >= 0.3 is 5.97 Å². The van der Waals surface area contributed by atoms with Gasteiger partial charge in [0.25, 0.3) is 0 Å². The Bertz CT molecular complexity index is 489. The number of aromatic hydroxyl groups is 1. The van der Waals surface area contributed by atoms with Crippen molar-refractivity contribution in [3.8, 4) is 5.75 Å². The second-order valence-corrected chi connectivity index (χ2v) is 4.90. The standard InChI is InChI=1S/C9H10O5S/c1-14-9(11)8-6(10)4-3-5-7(8)15(2,12)13/h3-5,10H,1-2H3. The van der Waals surface area contributed by atoms with Crippen LogP contribution in [0.25, 0.3) is 0 Å². The summed E-state index contributed by atoms with van der Waals surface area (Å²) < 4.78 is 27.0. The minimum Gasteiger partial charge on any atom is -0.507 e. The van der Waals surface area contributed by atoms with E-state index in [1.807, 2.05) is 0 Å². The van der Waals surface area contributed by atoms with E-state index in [0.29, 0.717) is 0 Å². The predicted octanol–water partition coefficient (Wildman–Crippen LogP) is 0.582. The lowest BCUT2D eigenvalue weighted by atomic mass is 10.2. The summed E-state index contributed by atoms with van der Waals surface area (Å²) in [6.07, 6.45) is 0.953. The van der Waals surface area contributed by atoms with Gasteiger partial charge in [-0.05, 0) is 12.1 Å². The fraction of sp³-hybridized carbons (Fsp3) is 0.222. The molecule has 0 aliphatic carbocycles. The zero-order valence-electron chi connectivity index (χ0n) is 8.22. The summed E-state index contributed by atoms with van der Waals surface area (Å²) in [5.41, 5.74) is -0.331. The SMILES string of the molecule is COC(=O)c1c(O)cccc1S(C)(=O)=O. The van der Waals surface area contributed by atoms with Crippen molar-refractivity contribution in [3.63, 3.8) is 0 Å². The number of esters is 1. The highest BCUT2D eigenvalue weighted by atomic mass is 32.2. The number of methoxy groups -OCH3 is 1. The lowest BCUT2D eigenvalue weighted by molar-refractivity contribution is 0.0593. The molecule has 0 spiro atoms. The highest BCUT2D eigenvalue weighted by Gasteiger charge is 2.22. The molecule has 1 rings (SSSR count). The van der Waals surface area contributed by atoms with E-state index in [0.717, 1.165) is 13.4 Å². The molecule has 0 fully saturated rings. The number of ether oxygens (including phenoxy) is 1. The zero-order valence-corrected chi connectivity index (χ0v) is 9.04. The van der Waals surface area contributed by atoms with Crippen molar-refractivity contribution in [1.82, 2.24) is 0 Å². The smallest absolute Gasteiger partial charge is 0.342 e. The molecule has 0 radical (unpaired) electrons. The van der Waals surface area contributed by atoms with E-state index in [1.54, 1.807) is 0 Å². The van der Waals surface area contributed by atoms with Crippen LogP contribution in [0.15, 0.2) is 23.1 Å². The lowest BCUT2D eigenvalue weighted by Gasteiger charge is -2.07. The van der Waals surface area contributed by atoms with Gasteiger partial charge in [-0.2, -0.15) is 0 Å². The van der Waals surface area contributed by atoms with Crippen LogP contribution in [-0.4, -0.2) is 32.9 Å². The van der Waals surface area contributed by atoms with Crippen molar-refractivity contribution < 1.29 is 23.1 Å². The predicted molar refractivity (Wildman–Crippen MR) is 52.6 cm³/mol. The molecular weight excluding hydrogens is 220 g/mol. The van der Waals surface area contributed by atoms with Gasteiger partial charge in [0.2, 0.25) is 0 Å². The molecule has 0 bridgehead atoms. The Kier molecular flexibility index (Phi) is 2.99. The fourth-order valence-corrected chi connectivity index (χ4v) is 2.02. The fourth-order valence-electron chi connectivity index (χ4n) is 1.14. The van der Waals surface area contributed by atoms with Crippen molar-refractivity contribution in [1.29, 1.82) is 0 Å². The summed E-state index contributed by atoms with van der Waals surface area (Å²) in [6.45, 7) is 0. The third kappa shape index (κ3) is 2.27. The summed E-state index contributed by atoms with van der Waals surface area (Å²) in [5, 5.41) is 9.39. The maximum absolute atomic E-state index is 11.3. The second kappa shape index (κ2) is 3.90. The molecule has 5 nitrogen and oxygen atoms in total. The van der Waals surface area contributed by atoms with Crippen LogP contribution in [0, 0.1) is 0 Å². The first-order valence-electron chi connectivity index (χ1n) is 3.98. The Morgan fingerprint density at radius 3 is 2.47 bits per heavy atom. The molecule has 1 N–H and O–H groups in total. The van der Waals surface area contributed by atoms with Gasteiger partial charge in [0, 0.05) is 6.26 Å². The lowest BCUT2D eigenvalue weighted by Crippen LogP contribution is -2.09. The number of sulfone groups is 1. The van der Waals surface area contributed by atoms with E-state index >= 15 is 0 Å². The molecular formula is C9H10O5S. The van der Waals surface area contributed by atoms with E-state index in [4.69, 9.17) is 0 Å². The number of benzene rings is 1. The van der Waals surface area contributed by atoms with Gasteiger partial charge in [0.1, 0.15) is 11.3 Å². The summed E-state index contributed by atoms with van der Waals surface area (Å²) in [5.74, 6) is -1.29. The van der Waals surface area contributed by atoms with Gasteiger partial charge in [-0.25, -0.2) is 13.2 Å². The average Bonchev–Trinajstić information content (AvgIpc) is 2.15. The zero-order chi connectivity index (χ0) is 11.6. The minimum atomic E-state index is -3.57. The number of phenols is 1. The van der Waals surface area contributed by atoms with Crippen molar-refractivity contribution in [2.75, 3.05) is 13.4 Å². The summed E-state index contributed by atoms with van der Waals surface area (Å²) >= 11 is 0.